The van der Waals surface area contributed by atoms with Gasteiger partial charge >= 0.3 is 0 Å². The Kier molecular flexibility index (Phi) is 6.54. The average molecular weight is 351 g/mol. The van der Waals surface area contributed by atoms with Crippen molar-refractivity contribution in [2.75, 3.05) is 30.4 Å². The van der Waals surface area contributed by atoms with Crippen LogP contribution in [-0.2, 0) is 15.9 Å². The summed E-state index contributed by atoms with van der Waals surface area (Å²) in [6.07, 6.45) is 1.51. The van der Waals surface area contributed by atoms with Crippen LogP contribution in [-0.4, -0.2) is 45.1 Å². The first-order chi connectivity index (χ1) is 11.3. The van der Waals surface area contributed by atoms with Gasteiger partial charge in [-0.25, -0.2) is 0 Å². The monoisotopic (exact) mass is 351 g/mol. The van der Waals surface area contributed by atoms with Crippen LogP contribution in [0.3, 0.4) is 0 Å². The summed E-state index contributed by atoms with van der Waals surface area (Å²) in [6.45, 7) is 9.15. The molecule has 0 saturated carbocycles. The fraction of sp³-hybridized carbons (Fsp3) is 0.611. The Morgan fingerprint density at radius 1 is 1.29 bits per heavy atom. The number of carbonyl (C=O) groups excluding carboxylic acids is 1. The molecule has 0 bridgehead atoms. The number of benzene rings is 1. The maximum absolute atomic E-state index is 13.1. The lowest BCUT2D eigenvalue weighted by molar-refractivity contribution is -0.129. The second-order valence-corrected chi connectivity index (χ2v) is 8.12. The minimum Gasteiger partial charge on any atom is -0.771 e. The lowest BCUT2D eigenvalue weighted by atomic mass is 9.79. The van der Waals surface area contributed by atoms with Crippen LogP contribution < -0.4 is 4.90 Å². The number of para-hydroxylation sites is 1. The van der Waals surface area contributed by atoms with Crippen molar-refractivity contribution in [1.82, 2.24) is 4.90 Å². The molecule has 1 aliphatic rings. The SMILES string of the molecule is CC(C)CN1CCC(C)(C(=O)N(CS(=O)[O-])c2ccccc2)CC1. The second-order valence-electron chi connectivity index (χ2n) is 7.26. The number of hydrogen-bond acceptors (Lipinski definition) is 4. The van der Waals surface area contributed by atoms with Crippen LogP contribution in [0.4, 0.5) is 5.69 Å². The molecule has 1 fully saturated rings. The van der Waals surface area contributed by atoms with Crippen molar-refractivity contribution in [3.8, 4) is 0 Å². The molecule has 1 aromatic carbocycles. The number of amides is 1. The molecule has 134 valence electrons. The van der Waals surface area contributed by atoms with E-state index in [4.69, 9.17) is 0 Å². The number of rotatable bonds is 6. The molecule has 1 saturated heterocycles. The topological polar surface area (TPSA) is 63.7 Å². The Morgan fingerprint density at radius 2 is 1.88 bits per heavy atom. The van der Waals surface area contributed by atoms with Gasteiger partial charge in [-0.2, -0.15) is 0 Å². The molecule has 0 aromatic heterocycles. The number of piperidine rings is 1. The molecule has 1 heterocycles. The summed E-state index contributed by atoms with van der Waals surface area (Å²) < 4.78 is 22.5. The third-order valence-electron chi connectivity index (χ3n) is 4.65. The third-order valence-corrected chi connectivity index (χ3v) is 5.12. The minimum atomic E-state index is -2.31. The number of hydrogen-bond donors (Lipinski definition) is 0. The zero-order chi connectivity index (χ0) is 17.7. The van der Waals surface area contributed by atoms with Gasteiger partial charge in [0.1, 0.15) is 0 Å². The van der Waals surface area contributed by atoms with Crippen molar-refractivity contribution in [3.63, 3.8) is 0 Å². The van der Waals surface area contributed by atoms with E-state index in [9.17, 15) is 13.6 Å². The van der Waals surface area contributed by atoms with Gasteiger partial charge in [-0.3, -0.25) is 9.00 Å². The molecule has 1 aliphatic heterocycles. The van der Waals surface area contributed by atoms with Crippen LogP contribution in [0.1, 0.15) is 33.6 Å². The van der Waals surface area contributed by atoms with E-state index in [0.717, 1.165) is 32.5 Å². The number of likely N-dealkylation sites (tertiary alicyclic amines) is 1. The molecule has 0 spiro atoms. The Bertz CT molecular complexity index is 569. The lowest BCUT2D eigenvalue weighted by Crippen LogP contribution is -2.50. The molecule has 1 amide bonds. The molecule has 1 unspecified atom stereocenters. The molecule has 1 atom stereocenters. The first kappa shape index (κ1) is 19.1. The van der Waals surface area contributed by atoms with Crippen molar-refractivity contribution >= 4 is 22.7 Å². The maximum Gasteiger partial charge on any atom is 0.233 e. The van der Waals surface area contributed by atoms with Gasteiger partial charge in [0.25, 0.3) is 0 Å². The zero-order valence-corrected chi connectivity index (χ0v) is 15.6. The van der Waals surface area contributed by atoms with Gasteiger partial charge in [0.05, 0.1) is 5.88 Å². The molecular weight excluding hydrogens is 324 g/mol. The van der Waals surface area contributed by atoms with Crippen molar-refractivity contribution in [2.45, 2.75) is 33.6 Å². The van der Waals surface area contributed by atoms with E-state index in [2.05, 4.69) is 18.7 Å². The molecule has 24 heavy (non-hydrogen) atoms. The highest BCUT2D eigenvalue weighted by molar-refractivity contribution is 7.79. The van der Waals surface area contributed by atoms with Crippen LogP contribution in [0.2, 0.25) is 0 Å². The van der Waals surface area contributed by atoms with E-state index in [1.165, 1.54) is 4.90 Å². The van der Waals surface area contributed by atoms with Gasteiger partial charge in [-0.05, 0) is 55.1 Å². The molecule has 0 aliphatic carbocycles. The highest BCUT2D eigenvalue weighted by Gasteiger charge is 2.40. The van der Waals surface area contributed by atoms with Gasteiger partial charge in [0, 0.05) is 17.6 Å². The first-order valence-corrected chi connectivity index (χ1v) is 9.71. The van der Waals surface area contributed by atoms with Gasteiger partial charge in [-0.1, -0.05) is 39.0 Å². The highest BCUT2D eigenvalue weighted by Crippen LogP contribution is 2.34. The Balaban J connectivity index is 2.13. The molecular formula is C18H27N2O3S-. The first-order valence-electron chi connectivity index (χ1n) is 8.47. The van der Waals surface area contributed by atoms with Crippen LogP contribution in [0.25, 0.3) is 0 Å². The van der Waals surface area contributed by atoms with Crippen molar-refractivity contribution in [2.24, 2.45) is 11.3 Å². The van der Waals surface area contributed by atoms with E-state index >= 15 is 0 Å². The number of anilines is 1. The quantitative estimate of drug-likeness (QED) is 0.739. The largest absolute Gasteiger partial charge is 0.771 e. The zero-order valence-electron chi connectivity index (χ0n) is 14.7. The third kappa shape index (κ3) is 4.88. The molecule has 1 aromatic rings. The van der Waals surface area contributed by atoms with Crippen LogP contribution in [0.15, 0.2) is 30.3 Å². The predicted molar refractivity (Wildman–Crippen MR) is 96.3 cm³/mol. The van der Waals surface area contributed by atoms with Gasteiger partial charge < -0.3 is 14.4 Å². The van der Waals surface area contributed by atoms with Gasteiger partial charge in [-0.15, -0.1) is 0 Å². The van der Waals surface area contributed by atoms with E-state index < -0.39 is 16.5 Å². The smallest absolute Gasteiger partial charge is 0.233 e. The van der Waals surface area contributed by atoms with Gasteiger partial charge in [0.15, 0.2) is 0 Å². The van der Waals surface area contributed by atoms with E-state index in [0.29, 0.717) is 11.6 Å². The maximum atomic E-state index is 13.1. The summed E-state index contributed by atoms with van der Waals surface area (Å²) in [4.78, 5) is 16.9. The highest BCUT2D eigenvalue weighted by atomic mass is 32.2. The summed E-state index contributed by atoms with van der Waals surface area (Å²) in [5, 5.41) is 0. The molecule has 0 radical (unpaired) electrons. The van der Waals surface area contributed by atoms with E-state index in [1.54, 1.807) is 12.1 Å². The second kappa shape index (κ2) is 8.23. The van der Waals surface area contributed by atoms with Crippen molar-refractivity contribution in [1.29, 1.82) is 0 Å². The molecule has 5 nitrogen and oxygen atoms in total. The van der Waals surface area contributed by atoms with E-state index in [1.807, 2.05) is 25.1 Å². The van der Waals surface area contributed by atoms with Crippen molar-refractivity contribution < 1.29 is 13.6 Å². The van der Waals surface area contributed by atoms with Crippen LogP contribution >= 0.6 is 0 Å². The molecule has 6 heteroatoms. The predicted octanol–water partition coefficient (Wildman–Crippen LogP) is 2.61. The molecule has 0 N–H and O–H groups in total. The normalized spacial score (nSPS) is 19.2. The fourth-order valence-electron chi connectivity index (χ4n) is 3.25. The summed E-state index contributed by atoms with van der Waals surface area (Å²) in [5.74, 6) is 0.213. The average Bonchev–Trinajstić information content (AvgIpc) is 2.54. The van der Waals surface area contributed by atoms with Crippen LogP contribution in [0, 0.1) is 11.3 Å². The lowest BCUT2D eigenvalue weighted by Gasteiger charge is -2.41. The fourth-order valence-corrected chi connectivity index (χ4v) is 3.73. The van der Waals surface area contributed by atoms with E-state index in [-0.39, 0.29) is 11.8 Å². The van der Waals surface area contributed by atoms with Crippen molar-refractivity contribution in [3.05, 3.63) is 30.3 Å². The Morgan fingerprint density at radius 3 is 2.38 bits per heavy atom. The standard InChI is InChI=1S/C18H28N2O3S/c1-15(2)13-19-11-9-18(3,10-12-19)17(21)20(14-24(22)23)16-7-5-4-6-8-16/h4-8,15H,9-14H2,1-3H3,(H,22,23)/p-1. The number of nitrogens with zero attached hydrogens (tertiary/aromatic N) is 2. The number of carbonyl (C=O) groups is 1. The van der Waals surface area contributed by atoms with Gasteiger partial charge in [0.2, 0.25) is 5.91 Å². The summed E-state index contributed by atoms with van der Waals surface area (Å²) in [6, 6.07) is 9.05. The minimum absolute atomic E-state index is 0.0953. The Hall–Kier alpha value is -1.24. The Labute approximate surface area is 147 Å². The molecule has 2 rings (SSSR count). The summed E-state index contributed by atoms with van der Waals surface area (Å²) in [7, 11) is 0. The summed E-state index contributed by atoms with van der Waals surface area (Å²) >= 11 is -2.31. The summed E-state index contributed by atoms with van der Waals surface area (Å²) in [5.41, 5.74) is 0.125. The van der Waals surface area contributed by atoms with Crippen LogP contribution in [0.5, 0.6) is 0 Å².